The molecule has 3 aromatic carbocycles. The van der Waals surface area contributed by atoms with Gasteiger partial charge >= 0.3 is 6.36 Å². The number of aromatic nitrogens is 1. The predicted octanol–water partition coefficient (Wildman–Crippen LogP) is 8.69. The normalized spacial score (nSPS) is 11.3. The molecule has 1 aromatic heterocycles. The lowest BCUT2D eigenvalue weighted by Crippen LogP contribution is -2.17. The maximum absolute atomic E-state index is 15.1. The lowest BCUT2D eigenvalue weighted by Gasteiger charge is -2.14. The topological polar surface area (TPSA) is 60.5 Å². The second-order valence-electron chi connectivity index (χ2n) is 7.83. The van der Waals surface area contributed by atoms with E-state index in [-0.39, 0.29) is 27.6 Å². The highest BCUT2D eigenvalue weighted by Crippen LogP contribution is 2.34. The fourth-order valence-electron chi connectivity index (χ4n) is 3.42. The first-order chi connectivity index (χ1) is 17.9. The van der Waals surface area contributed by atoms with E-state index in [9.17, 15) is 22.4 Å². The molecular weight excluding hydrogens is 599 g/mol. The molecule has 1 amide bonds. The molecule has 0 spiro atoms. The van der Waals surface area contributed by atoms with Crippen molar-refractivity contribution >= 4 is 39.1 Å². The van der Waals surface area contributed by atoms with Gasteiger partial charge < -0.3 is 14.8 Å². The minimum atomic E-state index is -5.04. The summed E-state index contributed by atoms with van der Waals surface area (Å²) in [5.41, 5.74) is 1.46. The molecule has 5 nitrogen and oxygen atoms in total. The number of rotatable bonds is 6. The Morgan fingerprint density at radius 3 is 2.34 bits per heavy atom. The highest BCUT2D eigenvalue weighted by atomic mass is 79.9. The van der Waals surface area contributed by atoms with Gasteiger partial charge in [0.2, 0.25) is 0 Å². The molecule has 0 aliphatic carbocycles. The lowest BCUT2D eigenvalue weighted by atomic mass is 9.98. The molecule has 12 heteroatoms. The van der Waals surface area contributed by atoms with Gasteiger partial charge in [-0.2, -0.15) is 0 Å². The molecule has 38 heavy (non-hydrogen) atoms. The van der Waals surface area contributed by atoms with Crippen LogP contribution < -0.4 is 14.8 Å². The van der Waals surface area contributed by atoms with Crippen LogP contribution in [0.2, 0.25) is 5.02 Å². The van der Waals surface area contributed by atoms with E-state index < -0.39 is 29.7 Å². The van der Waals surface area contributed by atoms with Crippen molar-refractivity contribution in [1.82, 2.24) is 4.98 Å². The number of nitrogens with one attached hydrogen (secondary N) is 1. The smallest absolute Gasteiger partial charge is 0.457 e. The molecule has 0 bridgehead atoms. The van der Waals surface area contributed by atoms with E-state index in [4.69, 9.17) is 16.3 Å². The van der Waals surface area contributed by atoms with Gasteiger partial charge in [0, 0.05) is 18.0 Å². The van der Waals surface area contributed by atoms with Crippen molar-refractivity contribution in [2.75, 3.05) is 5.32 Å². The van der Waals surface area contributed by atoms with Crippen LogP contribution in [0.25, 0.3) is 11.1 Å². The van der Waals surface area contributed by atoms with Gasteiger partial charge in [-0.1, -0.05) is 29.8 Å². The number of amides is 1. The summed E-state index contributed by atoms with van der Waals surface area (Å²) in [7, 11) is 0. The zero-order valence-corrected chi connectivity index (χ0v) is 21.5. The third-order valence-electron chi connectivity index (χ3n) is 5.17. The van der Waals surface area contributed by atoms with Crippen LogP contribution in [0.3, 0.4) is 0 Å². The Morgan fingerprint density at radius 2 is 1.68 bits per heavy atom. The van der Waals surface area contributed by atoms with Crippen molar-refractivity contribution in [1.29, 1.82) is 0 Å². The molecule has 196 valence electrons. The first-order valence-electron chi connectivity index (χ1n) is 10.7. The maximum Gasteiger partial charge on any atom is 0.573 e. The van der Waals surface area contributed by atoms with Gasteiger partial charge in [0.25, 0.3) is 5.91 Å². The number of alkyl halides is 3. The number of ether oxygens (including phenoxy) is 2. The van der Waals surface area contributed by atoms with Crippen LogP contribution >= 0.6 is 27.5 Å². The fourth-order valence-corrected chi connectivity index (χ4v) is 3.91. The molecule has 4 aromatic rings. The van der Waals surface area contributed by atoms with Crippen molar-refractivity contribution in [2.45, 2.75) is 13.3 Å². The van der Waals surface area contributed by atoms with Gasteiger partial charge in [-0.05, 0) is 75.9 Å². The average molecular weight is 614 g/mol. The third kappa shape index (κ3) is 6.40. The number of nitrogens with zero attached hydrogens (tertiary/aromatic N) is 1. The predicted molar refractivity (Wildman–Crippen MR) is 135 cm³/mol. The number of hydrogen-bond donors (Lipinski definition) is 1. The lowest BCUT2D eigenvalue weighted by molar-refractivity contribution is -0.275. The summed E-state index contributed by atoms with van der Waals surface area (Å²) < 4.78 is 75.6. The molecule has 1 heterocycles. The van der Waals surface area contributed by atoms with Crippen molar-refractivity contribution in [3.05, 3.63) is 99.2 Å². The SMILES string of the molecule is Cc1cnc(Br)cc1NC(=O)c1c(-c2ccc(Oc3ccc(OC(F)(F)F)c(F)c3)cc2)ccc(Cl)c1F. The van der Waals surface area contributed by atoms with Crippen molar-refractivity contribution < 1.29 is 36.2 Å². The molecular formula is C26H15BrClF5N2O3. The van der Waals surface area contributed by atoms with Gasteiger partial charge in [0.05, 0.1) is 10.6 Å². The summed E-state index contributed by atoms with van der Waals surface area (Å²) in [5, 5.41) is 2.42. The van der Waals surface area contributed by atoms with E-state index in [1.54, 1.807) is 13.0 Å². The van der Waals surface area contributed by atoms with E-state index in [1.807, 2.05) is 0 Å². The number of halogens is 7. The Hall–Kier alpha value is -3.70. The van der Waals surface area contributed by atoms with Gasteiger partial charge in [0.1, 0.15) is 16.1 Å². The molecule has 0 atom stereocenters. The van der Waals surface area contributed by atoms with Crippen LogP contribution in [0.1, 0.15) is 15.9 Å². The molecule has 0 radical (unpaired) electrons. The van der Waals surface area contributed by atoms with Crippen molar-refractivity contribution in [2.24, 2.45) is 0 Å². The molecule has 0 aliphatic rings. The summed E-state index contributed by atoms with van der Waals surface area (Å²) in [4.78, 5) is 17.2. The fraction of sp³-hybridized carbons (Fsp3) is 0.0769. The van der Waals surface area contributed by atoms with Gasteiger partial charge in [-0.3, -0.25) is 4.79 Å². The van der Waals surface area contributed by atoms with E-state index >= 15 is 4.39 Å². The van der Waals surface area contributed by atoms with Gasteiger partial charge in [0.15, 0.2) is 17.4 Å². The third-order valence-corrected chi connectivity index (χ3v) is 5.90. The minimum Gasteiger partial charge on any atom is -0.457 e. The van der Waals surface area contributed by atoms with E-state index in [0.717, 1.165) is 18.2 Å². The second kappa shape index (κ2) is 11.0. The Labute approximate surface area is 226 Å². The zero-order valence-electron chi connectivity index (χ0n) is 19.2. The summed E-state index contributed by atoms with van der Waals surface area (Å²) in [6.45, 7) is 1.73. The maximum atomic E-state index is 15.1. The minimum absolute atomic E-state index is 0.0822. The second-order valence-corrected chi connectivity index (χ2v) is 9.05. The molecule has 0 saturated carbocycles. The number of hydrogen-bond acceptors (Lipinski definition) is 4. The molecule has 1 N–H and O–H groups in total. The first kappa shape index (κ1) is 27.3. The number of anilines is 1. The standard InChI is InChI=1S/C26H15BrClF5N2O3/c1-13-12-34-22(27)11-20(13)35-25(36)23-17(7-8-18(28)24(23)30)14-2-4-15(5-3-14)37-16-6-9-21(19(29)10-16)38-26(31,32)33/h2-12H,1H3,(H,34,35,36). The van der Waals surface area contributed by atoms with Gasteiger partial charge in [-0.15, -0.1) is 13.2 Å². The van der Waals surface area contributed by atoms with Crippen LogP contribution in [-0.2, 0) is 0 Å². The molecule has 4 rings (SSSR count). The summed E-state index contributed by atoms with van der Waals surface area (Å²) in [6.07, 6.45) is -3.50. The molecule has 0 aliphatic heterocycles. The average Bonchev–Trinajstić information content (AvgIpc) is 2.84. The Morgan fingerprint density at radius 1 is 1.00 bits per heavy atom. The van der Waals surface area contributed by atoms with Crippen molar-refractivity contribution in [3.63, 3.8) is 0 Å². The molecule has 0 unspecified atom stereocenters. The summed E-state index contributed by atoms with van der Waals surface area (Å²) in [6, 6.07) is 13.0. The quantitative estimate of drug-likeness (QED) is 0.175. The van der Waals surface area contributed by atoms with E-state index in [2.05, 4.69) is 31.0 Å². The highest BCUT2D eigenvalue weighted by molar-refractivity contribution is 9.10. The highest BCUT2D eigenvalue weighted by Gasteiger charge is 2.32. The molecule has 0 saturated heterocycles. The van der Waals surface area contributed by atoms with E-state index in [0.29, 0.717) is 21.4 Å². The molecule has 0 fully saturated rings. The summed E-state index contributed by atoms with van der Waals surface area (Å²) in [5.74, 6) is -3.79. The van der Waals surface area contributed by atoms with Gasteiger partial charge in [-0.25, -0.2) is 13.8 Å². The van der Waals surface area contributed by atoms with E-state index in [1.165, 1.54) is 42.6 Å². The Balaban J connectivity index is 1.59. The number of aryl methyl sites for hydroxylation is 1. The number of pyridine rings is 1. The summed E-state index contributed by atoms with van der Waals surface area (Å²) >= 11 is 9.18. The zero-order chi connectivity index (χ0) is 27.6. The Bertz CT molecular complexity index is 1510. The number of carbonyl (C=O) groups is 1. The van der Waals surface area contributed by atoms with Crippen LogP contribution in [0.15, 0.2) is 71.5 Å². The first-order valence-corrected chi connectivity index (χ1v) is 11.8. The van der Waals surface area contributed by atoms with Crippen LogP contribution in [0.5, 0.6) is 17.2 Å². The Kier molecular flexibility index (Phi) is 7.89. The van der Waals surface area contributed by atoms with Crippen LogP contribution in [0.4, 0.5) is 27.6 Å². The number of carbonyl (C=O) groups excluding carboxylic acids is 1. The largest absolute Gasteiger partial charge is 0.573 e. The van der Waals surface area contributed by atoms with Crippen molar-refractivity contribution in [3.8, 4) is 28.4 Å². The number of benzene rings is 3. The van der Waals surface area contributed by atoms with Crippen LogP contribution in [-0.4, -0.2) is 17.3 Å². The monoisotopic (exact) mass is 612 g/mol. The van der Waals surface area contributed by atoms with Crippen LogP contribution in [0, 0.1) is 18.6 Å².